The van der Waals surface area contributed by atoms with Gasteiger partial charge in [0.05, 0.1) is 30.1 Å². The summed E-state index contributed by atoms with van der Waals surface area (Å²) in [7, 11) is 0.893. The first kappa shape index (κ1) is 16.0. The fraction of sp³-hybridized carbons (Fsp3) is 0.231. The molecule has 0 aliphatic carbocycles. The van der Waals surface area contributed by atoms with E-state index in [9.17, 15) is 12.8 Å². The van der Waals surface area contributed by atoms with Gasteiger partial charge >= 0.3 is 0 Å². The molecule has 0 fully saturated rings. The van der Waals surface area contributed by atoms with E-state index in [0.29, 0.717) is 5.95 Å². The van der Waals surface area contributed by atoms with Crippen LogP contribution in [0.15, 0.2) is 35.5 Å². The third-order valence-corrected chi connectivity index (χ3v) is 4.10. The van der Waals surface area contributed by atoms with E-state index in [1.54, 1.807) is 19.0 Å². The maximum atomic E-state index is 13.6. The quantitative estimate of drug-likeness (QED) is 0.896. The van der Waals surface area contributed by atoms with Crippen molar-refractivity contribution in [2.24, 2.45) is 0 Å². The topological polar surface area (TPSA) is 84.4 Å². The summed E-state index contributed by atoms with van der Waals surface area (Å²) in [5.41, 5.74) is 0.182. The lowest BCUT2D eigenvalue weighted by Gasteiger charge is -2.11. The predicted molar refractivity (Wildman–Crippen MR) is 80.1 cm³/mol. The molecular weight excluding hydrogens is 311 g/mol. The van der Waals surface area contributed by atoms with Gasteiger partial charge in [0.1, 0.15) is 0 Å². The van der Waals surface area contributed by atoms with Crippen molar-refractivity contribution in [2.45, 2.75) is 4.90 Å². The van der Waals surface area contributed by atoms with Crippen LogP contribution in [0.3, 0.4) is 0 Å². The molecule has 0 radical (unpaired) electrons. The second-order valence-corrected chi connectivity index (χ2v) is 6.25. The standard InChI is InChI=1S/C13H15FN4O3S/c1-18(2)13-15-7-9(8-16-13)17-22(19,20)10-4-5-12(21-3)11(14)6-10/h4-8,17H,1-3H3. The Hall–Kier alpha value is -2.42. The molecule has 1 aromatic heterocycles. The van der Waals surface area contributed by atoms with Crippen LogP contribution in [0.2, 0.25) is 0 Å². The molecule has 9 heteroatoms. The van der Waals surface area contributed by atoms with E-state index >= 15 is 0 Å². The molecule has 0 aliphatic rings. The van der Waals surface area contributed by atoms with Crippen molar-refractivity contribution >= 4 is 21.7 Å². The van der Waals surface area contributed by atoms with Crippen LogP contribution in [-0.2, 0) is 10.0 Å². The first-order valence-electron chi connectivity index (χ1n) is 6.19. The molecule has 2 aromatic rings. The number of halogens is 1. The van der Waals surface area contributed by atoms with Crippen LogP contribution in [0.4, 0.5) is 16.0 Å². The van der Waals surface area contributed by atoms with E-state index in [-0.39, 0.29) is 16.3 Å². The number of methoxy groups -OCH3 is 1. The van der Waals surface area contributed by atoms with Crippen LogP contribution < -0.4 is 14.4 Å². The molecule has 0 atom stereocenters. The molecule has 1 N–H and O–H groups in total. The first-order chi connectivity index (χ1) is 10.3. The van der Waals surface area contributed by atoms with Crippen molar-refractivity contribution in [2.75, 3.05) is 30.8 Å². The van der Waals surface area contributed by atoms with Crippen molar-refractivity contribution in [3.05, 3.63) is 36.4 Å². The van der Waals surface area contributed by atoms with E-state index in [2.05, 4.69) is 14.7 Å². The molecule has 22 heavy (non-hydrogen) atoms. The van der Waals surface area contributed by atoms with Gasteiger partial charge in [-0.25, -0.2) is 22.8 Å². The lowest BCUT2D eigenvalue weighted by Crippen LogP contribution is -2.15. The van der Waals surface area contributed by atoms with Crippen molar-refractivity contribution in [1.29, 1.82) is 0 Å². The van der Waals surface area contributed by atoms with Gasteiger partial charge in [-0.15, -0.1) is 0 Å². The summed E-state index contributed by atoms with van der Waals surface area (Å²) in [4.78, 5) is 9.45. The van der Waals surface area contributed by atoms with Gasteiger partial charge in [-0.1, -0.05) is 0 Å². The molecule has 1 aromatic carbocycles. The molecule has 2 rings (SSSR count). The Labute approximate surface area is 127 Å². The first-order valence-corrected chi connectivity index (χ1v) is 7.67. The Morgan fingerprint density at radius 1 is 1.23 bits per heavy atom. The third kappa shape index (κ3) is 3.42. The molecule has 7 nitrogen and oxygen atoms in total. The number of anilines is 2. The van der Waals surface area contributed by atoms with Crippen LogP contribution in [0.25, 0.3) is 0 Å². The average molecular weight is 326 g/mol. The Morgan fingerprint density at radius 2 is 1.86 bits per heavy atom. The minimum atomic E-state index is -3.93. The Bertz CT molecular complexity index is 763. The largest absolute Gasteiger partial charge is 0.494 e. The molecule has 0 unspecified atom stereocenters. The van der Waals surface area contributed by atoms with E-state index in [4.69, 9.17) is 4.74 Å². The molecule has 0 bridgehead atoms. The number of sulfonamides is 1. The lowest BCUT2D eigenvalue weighted by molar-refractivity contribution is 0.385. The number of benzene rings is 1. The monoisotopic (exact) mass is 326 g/mol. The molecule has 0 aliphatic heterocycles. The van der Waals surface area contributed by atoms with Gasteiger partial charge < -0.3 is 9.64 Å². The fourth-order valence-corrected chi connectivity index (χ4v) is 2.67. The van der Waals surface area contributed by atoms with Crippen molar-refractivity contribution in [3.8, 4) is 5.75 Å². The number of aromatic nitrogens is 2. The lowest BCUT2D eigenvalue weighted by atomic mass is 10.3. The minimum Gasteiger partial charge on any atom is -0.494 e. The van der Waals surface area contributed by atoms with Gasteiger partial charge in [-0.2, -0.15) is 0 Å². The Morgan fingerprint density at radius 3 is 2.36 bits per heavy atom. The van der Waals surface area contributed by atoms with Gasteiger partial charge in [-0.05, 0) is 18.2 Å². The number of rotatable bonds is 5. The molecule has 118 valence electrons. The molecule has 0 amide bonds. The zero-order valence-corrected chi connectivity index (χ0v) is 13.1. The van der Waals surface area contributed by atoms with Gasteiger partial charge in [0, 0.05) is 14.1 Å². The van der Waals surface area contributed by atoms with Crippen molar-refractivity contribution < 1.29 is 17.5 Å². The Balaban J connectivity index is 2.25. The third-order valence-electron chi connectivity index (χ3n) is 2.72. The van der Waals surface area contributed by atoms with Crippen LogP contribution in [0.1, 0.15) is 0 Å². The number of hydrogen-bond donors (Lipinski definition) is 1. The summed E-state index contributed by atoms with van der Waals surface area (Å²) in [6, 6.07) is 3.38. The highest BCUT2D eigenvalue weighted by molar-refractivity contribution is 7.92. The number of nitrogens with one attached hydrogen (secondary N) is 1. The van der Waals surface area contributed by atoms with E-state index in [1.807, 2.05) is 0 Å². The number of ether oxygens (including phenoxy) is 1. The van der Waals surface area contributed by atoms with Crippen LogP contribution in [0.5, 0.6) is 5.75 Å². The SMILES string of the molecule is COc1ccc(S(=O)(=O)Nc2cnc(N(C)C)nc2)cc1F. The molecule has 0 saturated heterocycles. The molecule has 0 saturated carbocycles. The van der Waals surface area contributed by atoms with Gasteiger partial charge in [-0.3, -0.25) is 4.72 Å². The maximum absolute atomic E-state index is 13.6. The van der Waals surface area contributed by atoms with E-state index in [0.717, 1.165) is 6.07 Å². The second-order valence-electron chi connectivity index (χ2n) is 4.57. The van der Waals surface area contributed by atoms with Crippen LogP contribution in [0, 0.1) is 5.82 Å². The number of nitrogens with zero attached hydrogens (tertiary/aromatic N) is 3. The molecule has 1 heterocycles. The predicted octanol–water partition coefficient (Wildman–Crippen LogP) is 1.49. The molecule has 0 spiro atoms. The fourth-order valence-electron chi connectivity index (χ4n) is 1.63. The summed E-state index contributed by atoms with van der Waals surface area (Å²) in [5, 5.41) is 0. The maximum Gasteiger partial charge on any atom is 0.262 e. The van der Waals surface area contributed by atoms with Crippen molar-refractivity contribution in [1.82, 2.24) is 9.97 Å². The van der Waals surface area contributed by atoms with Gasteiger partial charge in [0.15, 0.2) is 11.6 Å². The van der Waals surface area contributed by atoms with E-state index in [1.165, 1.54) is 31.6 Å². The minimum absolute atomic E-state index is 0.0300. The number of hydrogen-bond acceptors (Lipinski definition) is 6. The highest BCUT2D eigenvalue weighted by Crippen LogP contribution is 2.22. The summed E-state index contributed by atoms with van der Waals surface area (Å²) in [6.45, 7) is 0. The van der Waals surface area contributed by atoms with Crippen LogP contribution >= 0.6 is 0 Å². The highest BCUT2D eigenvalue weighted by atomic mass is 32.2. The second kappa shape index (κ2) is 6.14. The van der Waals surface area contributed by atoms with E-state index < -0.39 is 15.8 Å². The summed E-state index contributed by atoms with van der Waals surface area (Å²) in [6.07, 6.45) is 2.67. The molecular formula is C13H15FN4O3S. The highest BCUT2D eigenvalue weighted by Gasteiger charge is 2.17. The smallest absolute Gasteiger partial charge is 0.262 e. The van der Waals surface area contributed by atoms with Gasteiger partial charge in [0.2, 0.25) is 5.95 Å². The average Bonchev–Trinajstić information content (AvgIpc) is 2.47. The summed E-state index contributed by atoms with van der Waals surface area (Å²) >= 11 is 0. The van der Waals surface area contributed by atoms with Gasteiger partial charge in [0.25, 0.3) is 10.0 Å². The summed E-state index contributed by atoms with van der Waals surface area (Å²) < 4.78 is 45.0. The Kier molecular flexibility index (Phi) is 4.45. The van der Waals surface area contributed by atoms with Crippen LogP contribution in [-0.4, -0.2) is 39.6 Å². The zero-order valence-electron chi connectivity index (χ0n) is 12.2. The van der Waals surface area contributed by atoms with Crippen molar-refractivity contribution in [3.63, 3.8) is 0 Å². The summed E-state index contributed by atoms with van der Waals surface area (Å²) in [5.74, 6) is -0.347. The normalized spacial score (nSPS) is 11.1. The zero-order chi connectivity index (χ0) is 16.3.